The minimum Gasteiger partial charge on any atom is -0.356 e. The van der Waals surface area contributed by atoms with Gasteiger partial charge in [0.1, 0.15) is 0 Å². The van der Waals surface area contributed by atoms with Crippen molar-refractivity contribution in [3.63, 3.8) is 0 Å². The van der Waals surface area contributed by atoms with Crippen molar-refractivity contribution in [2.45, 2.75) is 39.0 Å². The summed E-state index contributed by atoms with van der Waals surface area (Å²) >= 11 is 0. The van der Waals surface area contributed by atoms with Crippen LogP contribution >= 0.6 is 0 Å². The number of nitrogens with one attached hydrogen (secondary N) is 1. The molecule has 2 rings (SSSR count). The number of guanidine groups is 1. The summed E-state index contributed by atoms with van der Waals surface area (Å²) in [6.07, 6.45) is 7.07. The van der Waals surface area contributed by atoms with Crippen molar-refractivity contribution in [2.24, 2.45) is 16.8 Å². The van der Waals surface area contributed by atoms with E-state index in [4.69, 9.17) is 0 Å². The molecule has 0 amide bonds. The van der Waals surface area contributed by atoms with Crippen LogP contribution in [0, 0.1) is 11.8 Å². The average Bonchev–Trinajstić information content (AvgIpc) is 2.65. The van der Waals surface area contributed by atoms with E-state index in [0.717, 1.165) is 37.4 Å². The van der Waals surface area contributed by atoms with Gasteiger partial charge in [-0.3, -0.25) is 4.99 Å². The summed E-state index contributed by atoms with van der Waals surface area (Å²) in [6, 6.07) is 0. The van der Waals surface area contributed by atoms with Gasteiger partial charge in [-0.15, -0.1) is 0 Å². The van der Waals surface area contributed by atoms with Crippen LogP contribution in [0.4, 0.5) is 0 Å². The van der Waals surface area contributed by atoms with E-state index in [-0.39, 0.29) is 0 Å². The molecule has 2 atom stereocenters. The van der Waals surface area contributed by atoms with Gasteiger partial charge in [-0.05, 0) is 24.7 Å². The molecule has 1 N–H and O–H groups in total. The van der Waals surface area contributed by atoms with Gasteiger partial charge in [-0.1, -0.05) is 26.2 Å². The van der Waals surface area contributed by atoms with E-state index in [2.05, 4.69) is 29.2 Å². The van der Waals surface area contributed by atoms with Gasteiger partial charge in [0.2, 0.25) is 0 Å². The molecule has 0 spiro atoms. The van der Waals surface area contributed by atoms with E-state index in [9.17, 15) is 0 Å². The fraction of sp³-hybridized carbons (Fsp3) is 0.923. The fourth-order valence-corrected chi connectivity index (χ4v) is 2.93. The van der Waals surface area contributed by atoms with Crippen LogP contribution in [0.25, 0.3) is 0 Å². The number of hydrogen-bond acceptors (Lipinski definition) is 3. The van der Waals surface area contributed by atoms with Gasteiger partial charge < -0.3 is 10.2 Å². The van der Waals surface area contributed by atoms with Crippen LogP contribution in [-0.2, 0) is 0 Å². The highest BCUT2D eigenvalue weighted by Gasteiger charge is 2.19. The molecule has 16 heavy (non-hydrogen) atoms. The smallest absolute Gasteiger partial charge is 0.193 e. The fourth-order valence-electron chi connectivity index (χ4n) is 2.93. The van der Waals surface area contributed by atoms with Crippen molar-refractivity contribution < 1.29 is 0 Å². The molecular weight excluding hydrogens is 198 g/mol. The second kappa shape index (κ2) is 5.55. The molecule has 1 heterocycles. The van der Waals surface area contributed by atoms with E-state index >= 15 is 0 Å². The van der Waals surface area contributed by atoms with Crippen molar-refractivity contribution in [3.8, 4) is 0 Å². The maximum atomic E-state index is 4.45. The molecule has 0 bridgehead atoms. The summed E-state index contributed by atoms with van der Waals surface area (Å²) in [7, 11) is 2.11. The molecule has 0 radical (unpaired) electrons. The zero-order chi connectivity index (χ0) is 11.4. The Labute approximate surface area is 99.3 Å². The third-order valence-corrected chi connectivity index (χ3v) is 3.94. The minimum atomic E-state index is 0.948. The SMILES string of the molecule is CC1CCCC(CCNC2=NCCN2C)C1. The van der Waals surface area contributed by atoms with E-state index in [1.165, 1.54) is 32.1 Å². The van der Waals surface area contributed by atoms with Gasteiger partial charge in [-0.25, -0.2) is 0 Å². The summed E-state index contributed by atoms with van der Waals surface area (Å²) in [5, 5.41) is 3.47. The summed E-state index contributed by atoms with van der Waals surface area (Å²) < 4.78 is 0. The standard InChI is InChI=1S/C13H25N3/c1-11-4-3-5-12(10-11)6-7-14-13-15-8-9-16(13)2/h11-12H,3-10H2,1-2H3,(H,14,15). The van der Waals surface area contributed by atoms with Gasteiger partial charge >= 0.3 is 0 Å². The third kappa shape index (κ3) is 3.13. The lowest BCUT2D eigenvalue weighted by atomic mass is 9.81. The first-order valence-corrected chi connectivity index (χ1v) is 6.75. The van der Waals surface area contributed by atoms with Crippen LogP contribution in [0.15, 0.2) is 4.99 Å². The topological polar surface area (TPSA) is 27.6 Å². The Morgan fingerprint density at radius 3 is 3.00 bits per heavy atom. The Hall–Kier alpha value is -0.730. The zero-order valence-electron chi connectivity index (χ0n) is 10.7. The Morgan fingerprint density at radius 2 is 2.31 bits per heavy atom. The predicted octanol–water partition coefficient (Wildman–Crippen LogP) is 2.09. The molecule has 0 aromatic heterocycles. The lowest BCUT2D eigenvalue weighted by molar-refractivity contribution is 0.270. The molecule has 2 unspecified atom stereocenters. The van der Waals surface area contributed by atoms with E-state index in [0.29, 0.717) is 0 Å². The summed E-state index contributed by atoms with van der Waals surface area (Å²) in [5.74, 6) is 3.00. The van der Waals surface area contributed by atoms with Crippen molar-refractivity contribution in [1.29, 1.82) is 0 Å². The second-order valence-electron chi connectivity index (χ2n) is 5.48. The Bertz CT molecular complexity index is 250. The van der Waals surface area contributed by atoms with Gasteiger partial charge in [0, 0.05) is 20.1 Å². The van der Waals surface area contributed by atoms with Gasteiger partial charge in [0.25, 0.3) is 0 Å². The molecule has 1 saturated carbocycles. The zero-order valence-corrected chi connectivity index (χ0v) is 10.7. The third-order valence-electron chi connectivity index (χ3n) is 3.94. The summed E-state index contributed by atoms with van der Waals surface area (Å²) in [5.41, 5.74) is 0. The first-order chi connectivity index (χ1) is 7.75. The van der Waals surface area contributed by atoms with Gasteiger partial charge in [-0.2, -0.15) is 0 Å². The maximum Gasteiger partial charge on any atom is 0.193 e. The molecule has 1 fully saturated rings. The number of nitrogens with zero attached hydrogens (tertiary/aromatic N) is 2. The van der Waals surface area contributed by atoms with Crippen molar-refractivity contribution in [2.75, 3.05) is 26.7 Å². The first kappa shape index (κ1) is 11.7. The maximum absolute atomic E-state index is 4.45. The van der Waals surface area contributed by atoms with Crippen LogP contribution in [0.3, 0.4) is 0 Å². The molecular formula is C13H25N3. The molecule has 1 aliphatic carbocycles. The van der Waals surface area contributed by atoms with E-state index in [1.807, 2.05) is 0 Å². The van der Waals surface area contributed by atoms with Gasteiger partial charge in [0.05, 0.1) is 6.54 Å². The van der Waals surface area contributed by atoms with Crippen LogP contribution in [0.1, 0.15) is 39.0 Å². The van der Waals surface area contributed by atoms with E-state index in [1.54, 1.807) is 0 Å². The number of likely N-dealkylation sites (N-methyl/N-ethyl adjacent to an activating group) is 1. The largest absolute Gasteiger partial charge is 0.356 e. The number of aliphatic imine (C=N–C) groups is 1. The van der Waals surface area contributed by atoms with Crippen LogP contribution in [0.2, 0.25) is 0 Å². The minimum absolute atomic E-state index is 0.948. The Balaban J connectivity index is 1.64. The van der Waals surface area contributed by atoms with Crippen molar-refractivity contribution in [1.82, 2.24) is 10.2 Å². The second-order valence-corrected chi connectivity index (χ2v) is 5.48. The highest BCUT2D eigenvalue weighted by Crippen LogP contribution is 2.30. The van der Waals surface area contributed by atoms with E-state index < -0.39 is 0 Å². The van der Waals surface area contributed by atoms with Crippen LogP contribution < -0.4 is 5.32 Å². The Kier molecular flexibility index (Phi) is 4.08. The molecule has 0 aromatic rings. The molecule has 2 aliphatic rings. The highest BCUT2D eigenvalue weighted by atomic mass is 15.3. The van der Waals surface area contributed by atoms with Gasteiger partial charge in [0.15, 0.2) is 5.96 Å². The molecule has 0 aromatic carbocycles. The van der Waals surface area contributed by atoms with Crippen LogP contribution in [0.5, 0.6) is 0 Å². The highest BCUT2D eigenvalue weighted by molar-refractivity contribution is 5.81. The molecule has 3 nitrogen and oxygen atoms in total. The monoisotopic (exact) mass is 223 g/mol. The molecule has 92 valence electrons. The number of hydrogen-bond donors (Lipinski definition) is 1. The predicted molar refractivity (Wildman–Crippen MR) is 68.7 cm³/mol. The van der Waals surface area contributed by atoms with Crippen molar-refractivity contribution >= 4 is 5.96 Å². The molecule has 3 heteroatoms. The van der Waals surface area contributed by atoms with Crippen molar-refractivity contribution in [3.05, 3.63) is 0 Å². The number of rotatable bonds is 3. The van der Waals surface area contributed by atoms with Crippen LogP contribution in [-0.4, -0.2) is 37.5 Å². The first-order valence-electron chi connectivity index (χ1n) is 6.75. The molecule has 1 aliphatic heterocycles. The summed E-state index contributed by atoms with van der Waals surface area (Å²) in [4.78, 5) is 6.66. The summed E-state index contributed by atoms with van der Waals surface area (Å²) in [6.45, 7) is 5.52. The average molecular weight is 223 g/mol. The quantitative estimate of drug-likeness (QED) is 0.793. The lowest BCUT2D eigenvalue weighted by Gasteiger charge is -2.27. The normalized spacial score (nSPS) is 30.4. The lowest BCUT2D eigenvalue weighted by Crippen LogP contribution is -2.36. The Morgan fingerprint density at radius 1 is 1.44 bits per heavy atom. The molecule has 0 saturated heterocycles.